The normalized spacial score (nSPS) is 19.8. The van der Waals surface area contributed by atoms with Crippen LogP contribution in [-0.2, 0) is 4.79 Å². The summed E-state index contributed by atoms with van der Waals surface area (Å²) in [7, 11) is 0. The SMILES string of the molecule is O=C1CC(C(F)(F)F)c2c(Cl)ccc(Br)c2O1. The molecule has 0 saturated carbocycles. The Labute approximate surface area is 108 Å². The Bertz CT molecular complexity index is 487. The highest BCUT2D eigenvalue weighted by atomic mass is 79.9. The fourth-order valence-corrected chi connectivity index (χ4v) is 2.39. The third-order valence-electron chi connectivity index (χ3n) is 2.43. The average molecular weight is 329 g/mol. The van der Waals surface area contributed by atoms with Crippen LogP contribution in [0.2, 0.25) is 5.02 Å². The van der Waals surface area contributed by atoms with Gasteiger partial charge in [0.15, 0.2) is 0 Å². The molecule has 0 bridgehead atoms. The topological polar surface area (TPSA) is 26.3 Å². The molecule has 1 unspecified atom stereocenters. The molecule has 1 aromatic carbocycles. The summed E-state index contributed by atoms with van der Waals surface area (Å²) in [6.07, 6.45) is -5.27. The zero-order valence-corrected chi connectivity index (χ0v) is 10.5. The molecule has 0 radical (unpaired) electrons. The van der Waals surface area contributed by atoms with Crippen molar-refractivity contribution in [1.29, 1.82) is 0 Å². The lowest BCUT2D eigenvalue weighted by molar-refractivity contribution is -0.165. The van der Waals surface area contributed by atoms with E-state index in [0.29, 0.717) is 0 Å². The lowest BCUT2D eigenvalue weighted by Gasteiger charge is -2.27. The molecule has 2 nitrogen and oxygen atoms in total. The van der Waals surface area contributed by atoms with Crippen LogP contribution in [-0.4, -0.2) is 12.1 Å². The second kappa shape index (κ2) is 4.17. The van der Waals surface area contributed by atoms with Gasteiger partial charge in [-0.15, -0.1) is 0 Å². The average Bonchev–Trinajstić information content (AvgIpc) is 2.21. The van der Waals surface area contributed by atoms with Crippen molar-refractivity contribution in [2.24, 2.45) is 0 Å². The Morgan fingerprint density at radius 2 is 2.06 bits per heavy atom. The fourth-order valence-electron chi connectivity index (χ4n) is 1.68. The third kappa shape index (κ3) is 2.28. The number of carbonyl (C=O) groups is 1. The largest absolute Gasteiger partial charge is 0.425 e. The standard InChI is InChI=1S/C10H5BrClF3O2/c11-5-1-2-6(12)8-4(10(13,14)15)3-7(16)17-9(5)8/h1-2,4H,3H2. The minimum atomic E-state index is -4.53. The Kier molecular flexibility index (Phi) is 3.12. The van der Waals surface area contributed by atoms with E-state index in [-0.39, 0.29) is 20.8 Å². The molecule has 0 N–H and O–H groups in total. The van der Waals surface area contributed by atoms with Crippen LogP contribution in [0.1, 0.15) is 17.9 Å². The molecule has 92 valence electrons. The maximum atomic E-state index is 12.8. The minimum Gasteiger partial charge on any atom is -0.425 e. The van der Waals surface area contributed by atoms with Crippen LogP contribution in [0.5, 0.6) is 5.75 Å². The molecule has 1 atom stereocenters. The molecular formula is C10H5BrClF3O2. The molecule has 0 spiro atoms. The van der Waals surface area contributed by atoms with E-state index in [1.165, 1.54) is 12.1 Å². The fraction of sp³-hybridized carbons (Fsp3) is 0.300. The molecule has 0 saturated heterocycles. The number of esters is 1. The van der Waals surface area contributed by atoms with Gasteiger partial charge in [0.1, 0.15) is 5.75 Å². The molecule has 1 heterocycles. The Balaban J connectivity index is 2.64. The lowest BCUT2D eigenvalue weighted by atomic mass is 9.92. The van der Waals surface area contributed by atoms with Crippen LogP contribution in [0.4, 0.5) is 13.2 Å². The zero-order valence-electron chi connectivity index (χ0n) is 8.15. The molecule has 0 aliphatic carbocycles. The molecule has 7 heteroatoms. The van der Waals surface area contributed by atoms with Gasteiger partial charge in [-0.3, -0.25) is 4.79 Å². The van der Waals surface area contributed by atoms with E-state index < -0.39 is 24.5 Å². The van der Waals surface area contributed by atoms with Gasteiger partial charge in [-0.2, -0.15) is 13.2 Å². The molecule has 17 heavy (non-hydrogen) atoms. The van der Waals surface area contributed by atoms with Crippen molar-refractivity contribution in [3.8, 4) is 5.75 Å². The van der Waals surface area contributed by atoms with E-state index in [4.69, 9.17) is 16.3 Å². The van der Waals surface area contributed by atoms with Crippen LogP contribution in [0, 0.1) is 0 Å². The first-order chi connectivity index (χ1) is 7.80. The number of fused-ring (bicyclic) bond motifs is 1. The van der Waals surface area contributed by atoms with Crippen molar-refractivity contribution in [1.82, 2.24) is 0 Å². The molecule has 1 aromatic rings. The highest BCUT2D eigenvalue weighted by Gasteiger charge is 2.47. The number of hydrogen-bond acceptors (Lipinski definition) is 2. The molecular weight excluding hydrogens is 324 g/mol. The van der Waals surface area contributed by atoms with Crippen molar-refractivity contribution < 1.29 is 22.7 Å². The van der Waals surface area contributed by atoms with E-state index in [1.807, 2.05) is 0 Å². The van der Waals surface area contributed by atoms with Crippen LogP contribution < -0.4 is 4.74 Å². The highest BCUT2D eigenvalue weighted by molar-refractivity contribution is 9.10. The van der Waals surface area contributed by atoms with Gasteiger partial charge in [0.05, 0.1) is 16.8 Å². The maximum absolute atomic E-state index is 12.8. The summed E-state index contributed by atoms with van der Waals surface area (Å²) < 4.78 is 43.5. The Morgan fingerprint density at radius 1 is 1.41 bits per heavy atom. The van der Waals surface area contributed by atoms with Crippen LogP contribution in [0.3, 0.4) is 0 Å². The second-order valence-electron chi connectivity index (χ2n) is 3.54. The number of halogens is 5. The van der Waals surface area contributed by atoms with Gasteiger partial charge in [0, 0.05) is 10.6 Å². The van der Waals surface area contributed by atoms with E-state index in [1.54, 1.807) is 0 Å². The first kappa shape index (κ1) is 12.7. The quantitative estimate of drug-likeness (QED) is 0.530. The van der Waals surface area contributed by atoms with Crippen molar-refractivity contribution in [3.63, 3.8) is 0 Å². The van der Waals surface area contributed by atoms with Crippen LogP contribution >= 0.6 is 27.5 Å². The van der Waals surface area contributed by atoms with E-state index in [0.717, 1.165) is 0 Å². The Morgan fingerprint density at radius 3 is 2.65 bits per heavy atom. The predicted molar refractivity (Wildman–Crippen MR) is 58.2 cm³/mol. The Hall–Kier alpha value is -0.750. The minimum absolute atomic E-state index is 0.0574. The highest BCUT2D eigenvalue weighted by Crippen LogP contribution is 2.49. The van der Waals surface area contributed by atoms with Crippen molar-refractivity contribution in [3.05, 3.63) is 27.2 Å². The summed E-state index contributed by atoms with van der Waals surface area (Å²) >= 11 is 8.79. The lowest BCUT2D eigenvalue weighted by Crippen LogP contribution is -2.30. The third-order valence-corrected chi connectivity index (χ3v) is 3.38. The number of ether oxygens (including phenoxy) is 1. The first-order valence-electron chi connectivity index (χ1n) is 4.56. The number of benzene rings is 1. The van der Waals surface area contributed by atoms with Gasteiger partial charge < -0.3 is 4.74 Å². The molecule has 0 fully saturated rings. The maximum Gasteiger partial charge on any atom is 0.396 e. The molecule has 0 aromatic heterocycles. The van der Waals surface area contributed by atoms with Gasteiger partial charge in [-0.25, -0.2) is 0 Å². The van der Waals surface area contributed by atoms with Crippen molar-refractivity contribution in [2.75, 3.05) is 0 Å². The zero-order chi connectivity index (χ0) is 12.8. The summed E-state index contributed by atoms with van der Waals surface area (Å²) in [6.45, 7) is 0. The van der Waals surface area contributed by atoms with Crippen molar-refractivity contribution >= 4 is 33.5 Å². The van der Waals surface area contributed by atoms with Crippen molar-refractivity contribution in [2.45, 2.75) is 18.5 Å². The van der Waals surface area contributed by atoms with E-state index in [2.05, 4.69) is 15.9 Å². The predicted octanol–water partition coefficient (Wildman–Crippen LogP) is 4.06. The van der Waals surface area contributed by atoms with Gasteiger partial charge >= 0.3 is 12.1 Å². The summed E-state index contributed by atoms with van der Waals surface area (Å²) in [5.74, 6) is -2.97. The summed E-state index contributed by atoms with van der Waals surface area (Å²) in [5, 5.41) is -0.0574. The molecule has 2 rings (SSSR count). The van der Waals surface area contributed by atoms with Crippen LogP contribution in [0.15, 0.2) is 16.6 Å². The van der Waals surface area contributed by atoms with Gasteiger partial charge in [0.25, 0.3) is 0 Å². The van der Waals surface area contributed by atoms with Gasteiger partial charge in [0.2, 0.25) is 0 Å². The monoisotopic (exact) mass is 328 g/mol. The summed E-state index contributed by atoms with van der Waals surface area (Å²) in [5.41, 5.74) is -0.187. The number of hydrogen-bond donors (Lipinski definition) is 0. The second-order valence-corrected chi connectivity index (χ2v) is 4.81. The van der Waals surface area contributed by atoms with Gasteiger partial charge in [-0.1, -0.05) is 11.6 Å². The number of alkyl halides is 3. The van der Waals surface area contributed by atoms with E-state index >= 15 is 0 Å². The summed E-state index contributed by atoms with van der Waals surface area (Å²) in [6, 6.07) is 2.77. The molecule has 1 aliphatic heterocycles. The summed E-state index contributed by atoms with van der Waals surface area (Å²) in [4.78, 5) is 11.2. The smallest absolute Gasteiger partial charge is 0.396 e. The molecule has 0 amide bonds. The van der Waals surface area contributed by atoms with Crippen LogP contribution in [0.25, 0.3) is 0 Å². The first-order valence-corrected chi connectivity index (χ1v) is 5.73. The number of rotatable bonds is 0. The van der Waals surface area contributed by atoms with E-state index in [9.17, 15) is 18.0 Å². The molecule has 1 aliphatic rings. The number of carbonyl (C=O) groups excluding carboxylic acids is 1. The van der Waals surface area contributed by atoms with Gasteiger partial charge in [-0.05, 0) is 28.1 Å².